The van der Waals surface area contributed by atoms with Crippen molar-refractivity contribution in [2.75, 3.05) is 46.9 Å². The lowest BCUT2D eigenvalue weighted by atomic mass is 9.97. The summed E-state index contributed by atoms with van der Waals surface area (Å²) in [6.45, 7) is 3.24. The van der Waals surface area contributed by atoms with Crippen molar-refractivity contribution < 1.29 is 14.3 Å². The maximum Gasteiger partial charge on any atom is 0.327 e. The first-order chi connectivity index (χ1) is 11.6. The molecule has 2 aliphatic rings. The number of amides is 3. The minimum absolute atomic E-state index is 0.0779. The zero-order valence-electron chi connectivity index (χ0n) is 14.4. The number of likely N-dealkylation sites (N-methyl/N-ethyl adjacent to an activating group) is 1. The van der Waals surface area contributed by atoms with Gasteiger partial charge < -0.3 is 14.5 Å². The molecule has 0 aliphatic carbocycles. The lowest BCUT2D eigenvalue weighted by Gasteiger charge is -2.31. The molecule has 3 amide bonds. The van der Waals surface area contributed by atoms with E-state index < -0.39 is 5.54 Å². The van der Waals surface area contributed by atoms with E-state index in [4.69, 9.17) is 4.74 Å². The lowest BCUT2D eigenvalue weighted by Crippen LogP contribution is -2.52. The molecule has 0 aromatic heterocycles. The van der Waals surface area contributed by atoms with Gasteiger partial charge in [0.05, 0.1) is 6.61 Å². The SMILES string of the molecule is COCCN1C(=O)N(C)C(=O)C12CCN(CCc1ccccc1)C2. The van der Waals surface area contributed by atoms with Gasteiger partial charge in [-0.15, -0.1) is 0 Å². The van der Waals surface area contributed by atoms with Crippen LogP contribution in [0, 0.1) is 0 Å². The maximum atomic E-state index is 12.7. The second-order valence-corrected chi connectivity index (χ2v) is 6.58. The van der Waals surface area contributed by atoms with E-state index in [1.165, 1.54) is 10.5 Å². The summed E-state index contributed by atoms with van der Waals surface area (Å²) in [5, 5.41) is 0. The van der Waals surface area contributed by atoms with Gasteiger partial charge >= 0.3 is 6.03 Å². The summed E-state index contributed by atoms with van der Waals surface area (Å²) >= 11 is 0. The van der Waals surface area contributed by atoms with E-state index >= 15 is 0 Å². The van der Waals surface area contributed by atoms with Crippen LogP contribution in [-0.2, 0) is 16.0 Å². The predicted molar refractivity (Wildman–Crippen MR) is 90.7 cm³/mol. The molecule has 1 atom stereocenters. The molecule has 0 saturated carbocycles. The standard InChI is InChI=1S/C18H25N3O3/c1-19-16(22)18(21(17(19)23)12-13-24-2)9-11-20(14-18)10-8-15-6-4-3-5-7-15/h3-7H,8-14H2,1-2H3. The molecule has 24 heavy (non-hydrogen) atoms. The van der Waals surface area contributed by atoms with Gasteiger partial charge in [0.25, 0.3) is 5.91 Å². The van der Waals surface area contributed by atoms with E-state index in [0.29, 0.717) is 26.1 Å². The molecule has 0 radical (unpaired) electrons. The number of methoxy groups -OCH3 is 1. The van der Waals surface area contributed by atoms with Crippen molar-refractivity contribution >= 4 is 11.9 Å². The van der Waals surface area contributed by atoms with E-state index in [9.17, 15) is 9.59 Å². The number of imide groups is 1. The zero-order chi connectivity index (χ0) is 17.2. The Morgan fingerprint density at radius 3 is 2.62 bits per heavy atom. The molecule has 2 saturated heterocycles. The van der Waals surface area contributed by atoms with Crippen LogP contribution in [0.25, 0.3) is 0 Å². The van der Waals surface area contributed by atoms with Crippen molar-refractivity contribution in [1.82, 2.24) is 14.7 Å². The molecule has 130 valence electrons. The average Bonchev–Trinajstić information content (AvgIpc) is 3.11. The van der Waals surface area contributed by atoms with Crippen LogP contribution in [0.4, 0.5) is 4.79 Å². The summed E-state index contributed by atoms with van der Waals surface area (Å²) in [5.41, 5.74) is 0.585. The van der Waals surface area contributed by atoms with Gasteiger partial charge in [0, 0.05) is 40.3 Å². The summed E-state index contributed by atoms with van der Waals surface area (Å²) in [5.74, 6) is -0.0779. The van der Waals surface area contributed by atoms with Gasteiger partial charge in [-0.25, -0.2) is 4.79 Å². The minimum Gasteiger partial charge on any atom is -0.383 e. The number of carbonyl (C=O) groups is 2. The van der Waals surface area contributed by atoms with E-state index in [1.54, 1.807) is 19.1 Å². The zero-order valence-corrected chi connectivity index (χ0v) is 14.4. The van der Waals surface area contributed by atoms with Crippen LogP contribution >= 0.6 is 0 Å². The summed E-state index contributed by atoms with van der Waals surface area (Å²) < 4.78 is 5.12. The Morgan fingerprint density at radius 2 is 1.92 bits per heavy atom. The molecule has 1 spiro atoms. The van der Waals surface area contributed by atoms with Gasteiger partial charge in [-0.2, -0.15) is 0 Å². The lowest BCUT2D eigenvalue weighted by molar-refractivity contribution is -0.132. The Hall–Kier alpha value is -1.92. The van der Waals surface area contributed by atoms with E-state index in [2.05, 4.69) is 17.0 Å². The number of hydrogen-bond acceptors (Lipinski definition) is 4. The molecule has 1 unspecified atom stereocenters. The van der Waals surface area contributed by atoms with Crippen LogP contribution in [0.5, 0.6) is 0 Å². The fourth-order valence-electron chi connectivity index (χ4n) is 3.76. The summed E-state index contributed by atoms with van der Waals surface area (Å²) in [4.78, 5) is 30.4. The highest BCUT2D eigenvalue weighted by atomic mass is 16.5. The van der Waals surface area contributed by atoms with E-state index in [1.807, 2.05) is 18.2 Å². The fourth-order valence-corrected chi connectivity index (χ4v) is 3.76. The topological polar surface area (TPSA) is 53.1 Å². The number of urea groups is 1. The van der Waals surface area contributed by atoms with Crippen molar-refractivity contribution in [2.24, 2.45) is 0 Å². The molecule has 2 heterocycles. The molecule has 1 aromatic rings. The van der Waals surface area contributed by atoms with Crippen LogP contribution in [0.3, 0.4) is 0 Å². The number of likely N-dealkylation sites (tertiary alicyclic amines) is 1. The van der Waals surface area contributed by atoms with Gasteiger partial charge in [0.2, 0.25) is 0 Å². The predicted octanol–water partition coefficient (Wildman–Crippen LogP) is 1.21. The highest BCUT2D eigenvalue weighted by Gasteiger charge is 2.58. The number of hydrogen-bond donors (Lipinski definition) is 0. The van der Waals surface area contributed by atoms with Crippen molar-refractivity contribution in [3.63, 3.8) is 0 Å². The number of nitrogens with zero attached hydrogens (tertiary/aromatic N) is 3. The van der Waals surface area contributed by atoms with Crippen LogP contribution in [0.2, 0.25) is 0 Å². The molecular formula is C18H25N3O3. The Labute approximate surface area is 143 Å². The summed E-state index contributed by atoms with van der Waals surface area (Å²) in [6.07, 6.45) is 1.65. The molecule has 2 fully saturated rings. The Kier molecular flexibility index (Phi) is 4.87. The van der Waals surface area contributed by atoms with Crippen LogP contribution in [-0.4, -0.2) is 79.1 Å². The monoisotopic (exact) mass is 331 g/mol. The molecule has 2 aliphatic heterocycles. The van der Waals surface area contributed by atoms with Crippen LogP contribution < -0.4 is 0 Å². The first-order valence-electron chi connectivity index (χ1n) is 8.43. The smallest absolute Gasteiger partial charge is 0.327 e. The third kappa shape index (κ3) is 2.91. The third-order valence-corrected chi connectivity index (χ3v) is 5.14. The number of carbonyl (C=O) groups excluding carboxylic acids is 2. The van der Waals surface area contributed by atoms with E-state index in [0.717, 1.165) is 19.5 Å². The third-order valence-electron chi connectivity index (χ3n) is 5.14. The Bertz CT molecular complexity index is 607. The molecule has 6 nitrogen and oxygen atoms in total. The largest absolute Gasteiger partial charge is 0.383 e. The molecule has 0 N–H and O–H groups in total. The second-order valence-electron chi connectivity index (χ2n) is 6.58. The Balaban J connectivity index is 1.68. The van der Waals surface area contributed by atoms with Gasteiger partial charge in [-0.1, -0.05) is 30.3 Å². The highest BCUT2D eigenvalue weighted by Crippen LogP contribution is 2.35. The van der Waals surface area contributed by atoms with Crippen LogP contribution in [0.1, 0.15) is 12.0 Å². The highest BCUT2D eigenvalue weighted by molar-refractivity contribution is 6.07. The first-order valence-corrected chi connectivity index (χ1v) is 8.43. The first kappa shape index (κ1) is 16.9. The van der Waals surface area contributed by atoms with Crippen molar-refractivity contribution in [2.45, 2.75) is 18.4 Å². The van der Waals surface area contributed by atoms with Gasteiger partial charge in [0.1, 0.15) is 5.54 Å². The quantitative estimate of drug-likeness (QED) is 0.736. The average molecular weight is 331 g/mol. The number of benzene rings is 1. The van der Waals surface area contributed by atoms with Gasteiger partial charge in [0.15, 0.2) is 0 Å². The van der Waals surface area contributed by atoms with Crippen molar-refractivity contribution in [3.8, 4) is 0 Å². The van der Waals surface area contributed by atoms with E-state index in [-0.39, 0.29) is 11.9 Å². The normalized spacial score (nSPS) is 24.6. The second kappa shape index (κ2) is 6.91. The fraction of sp³-hybridized carbons (Fsp3) is 0.556. The molecule has 6 heteroatoms. The molecule has 0 bridgehead atoms. The minimum atomic E-state index is -0.707. The molecule has 3 rings (SSSR count). The molecule has 1 aromatic carbocycles. The molecular weight excluding hydrogens is 306 g/mol. The number of ether oxygens (including phenoxy) is 1. The van der Waals surface area contributed by atoms with Gasteiger partial charge in [-0.3, -0.25) is 9.69 Å². The maximum absolute atomic E-state index is 12.7. The number of rotatable bonds is 6. The summed E-state index contributed by atoms with van der Waals surface area (Å²) in [6, 6.07) is 10.1. The summed E-state index contributed by atoms with van der Waals surface area (Å²) in [7, 11) is 3.19. The van der Waals surface area contributed by atoms with Crippen LogP contribution in [0.15, 0.2) is 30.3 Å². The van der Waals surface area contributed by atoms with Gasteiger partial charge in [-0.05, 0) is 18.4 Å². The van der Waals surface area contributed by atoms with Crippen molar-refractivity contribution in [1.29, 1.82) is 0 Å². The Morgan fingerprint density at radius 1 is 1.17 bits per heavy atom. The van der Waals surface area contributed by atoms with Crippen molar-refractivity contribution in [3.05, 3.63) is 35.9 Å².